The Morgan fingerprint density at radius 3 is 2.32 bits per heavy atom. The smallest absolute Gasteiger partial charge is 0.0406 e. The molecule has 0 aromatic heterocycles. The minimum absolute atomic E-state index is 0.648. The molecule has 1 fully saturated rings. The first kappa shape index (κ1) is 14.9. The molecule has 0 heterocycles. The first-order chi connectivity index (χ1) is 9.31. The highest BCUT2D eigenvalue weighted by molar-refractivity contribution is 6.30. The van der Waals surface area contributed by atoms with Crippen molar-refractivity contribution in [3.63, 3.8) is 0 Å². The maximum Gasteiger partial charge on any atom is 0.0406 e. The van der Waals surface area contributed by atoms with Crippen LogP contribution in [0.15, 0.2) is 24.3 Å². The van der Waals surface area contributed by atoms with E-state index in [1.165, 1.54) is 44.1 Å². The van der Waals surface area contributed by atoms with Crippen LogP contribution in [0.5, 0.6) is 0 Å². The first-order valence-electron chi connectivity index (χ1n) is 7.77. The van der Waals surface area contributed by atoms with Gasteiger partial charge in [-0.25, -0.2) is 0 Å². The Bertz CT molecular complexity index is 352. The Morgan fingerprint density at radius 1 is 1.11 bits per heavy atom. The summed E-state index contributed by atoms with van der Waals surface area (Å²) in [7, 11) is 0. The highest BCUT2D eigenvalue weighted by Gasteiger charge is 2.23. The molecule has 2 rings (SSSR count). The van der Waals surface area contributed by atoms with Gasteiger partial charge in [-0.05, 0) is 48.9 Å². The van der Waals surface area contributed by atoms with Crippen molar-refractivity contribution in [1.29, 1.82) is 0 Å². The minimum Gasteiger partial charge on any atom is -0.316 e. The van der Waals surface area contributed by atoms with E-state index in [9.17, 15) is 0 Å². The highest BCUT2D eigenvalue weighted by Crippen LogP contribution is 2.35. The second kappa shape index (κ2) is 7.91. The van der Waals surface area contributed by atoms with Gasteiger partial charge in [-0.2, -0.15) is 0 Å². The van der Waals surface area contributed by atoms with Gasteiger partial charge in [0.05, 0.1) is 0 Å². The number of hydrogen-bond acceptors (Lipinski definition) is 1. The summed E-state index contributed by atoms with van der Waals surface area (Å²) in [6.45, 7) is 4.34. The van der Waals surface area contributed by atoms with Crippen LogP contribution < -0.4 is 5.32 Å². The van der Waals surface area contributed by atoms with Gasteiger partial charge in [-0.15, -0.1) is 0 Å². The molecule has 1 aromatic rings. The average molecular weight is 280 g/mol. The maximum absolute atomic E-state index is 6.02. The zero-order valence-electron chi connectivity index (χ0n) is 12.0. The molecule has 0 saturated heterocycles. The number of halogens is 1. The lowest BCUT2D eigenvalue weighted by atomic mass is 9.81. The second-order valence-corrected chi connectivity index (χ2v) is 6.15. The molecule has 0 bridgehead atoms. The number of benzene rings is 1. The number of hydrogen-bond donors (Lipinski definition) is 1. The largest absolute Gasteiger partial charge is 0.316 e. The van der Waals surface area contributed by atoms with Crippen molar-refractivity contribution >= 4 is 11.6 Å². The number of nitrogens with one attached hydrogen (secondary N) is 1. The van der Waals surface area contributed by atoms with Crippen LogP contribution in [0, 0.1) is 5.92 Å². The van der Waals surface area contributed by atoms with Crippen molar-refractivity contribution in [2.75, 3.05) is 13.1 Å². The van der Waals surface area contributed by atoms with E-state index in [-0.39, 0.29) is 0 Å². The molecule has 0 radical (unpaired) electrons. The van der Waals surface area contributed by atoms with E-state index < -0.39 is 0 Å². The van der Waals surface area contributed by atoms with Gasteiger partial charge < -0.3 is 5.32 Å². The standard InChI is InChI=1S/C17H26ClN/c1-2-19-13-17(14-7-5-3-4-6-8-14)15-9-11-16(18)12-10-15/h9-12,14,17,19H,2-8,13H2,1H3. The quantitative estimate of drug-likeness (QED) is 0.748. The molecule has 0 spiro atoms. The van der Waals surface area contributed by atoms with Crippen molar-refractivity contribution < 1.29 is 0 Å². The van der Waals surface area contributed by atoms with Crippen molar-refractivity contribution in [2.45, 2.75) is 51.4 Å². The van der Waals surface area contributed by atoms with Crippen LogP contribution in [0.1, 0.15) is 56.9 Å². The summed E-state index contributed by atoms with van der Waals surface area (Å²) in [5.74, 6) is 1.48. The summed E-state index contributed by atoms with van der Waals surface area (Å²) in [6.07, 6.45) is 8.43. The molecule has 1 nitrogen and oxygen atoms in total. The van der Waals surface area contributed by atoms with E-state index in [2.05, 4.69) is 24.4 Å². The third kappa shape index (κ3) is 4.50. The maximum atomic E-state index is 6.02. The lowest BCUT2D eigenvalue weighted by molar-refractivity contribution is 0.363. The molecular formula is C17H26ClN. The van der Waals surface area contributed by atoms with Gasteiger partial charge in [0, 0.05) is 11.6 Å². The fourth-order valence-electron chi connectivity index (χ4n) is 3.28. The Hall–Kier alpha value is -0.530. The molecule has 106 valence electrons. The summed E-state index contributed by atoms with van der Waals surface area (Å²) in [6, 6.07) is 8.50. The lowest BCUT2D eigenvalue weighted by Crippen LogP contribution is -2.26. The van der Waals surface area contributed by atoms with Crippen LogP contribution >= 0.6 is 11.6 Å². The van der Waals surface area contributed by atoms with E-state index in [4.69, 9.17) is 11.6 Å². The summed E-state index contributed by atoms with van der Waals surface area (Å²) < 4.78 is 0. The monoisotopic (exact) mass is 279 g/mol. The molecule has 0 amide bonds. The van der Waals surface area contributed by atoms with Gasteiger partial charge in [0.1, 0.15) is 0 Å². The van der Waals surface area contributed by atoms with Gasteiger partial charge in [0.25, 0.3) is 0 Å². The van der Waals surface area contributed by atoms with Crippen LogP contribution in [-0.4, -0.2) is 13.1 Å². The van der Waals surface area contributed by atoms with E-state index in [1.54, 1.807) is 0 Å². The fourth-order valence-corrected chi connectivity index (χ4v) is 3.41. The Balaban J connectivity index is 2.11. The van der Waals surface area contributed by atoms with Crippen LogP contribution in [0.2, 0.25) is 5.02 Å². The molecule has 19 heavy (non-hydrogen) atoms. The van der Waals surface area contributed by atoms with Crippen molar-refractivity contribution in [3.8, 4) is 0 Å². The minimum atomic E-state index is 0.648. The zero-order valence-corrected chi connectivity index (χ0v) is 12.8. The molecule has 1 saturated carbocycles. The summed E-state index contributed by atoms with van der Waals surface area (Å²) >= 11 is 6.02. The topological polar surface area (TPSA) is 12.0 Å². The normalized spacial score (nSPS) is 19.1. The first-order valence-corrected chi connectivity index (χ1v) is 8.15. The van der Waals surface area contributed by atoms with E-state index in [0.717, 1.165) is 24.0 Å². The number of likely N-dealkylation sites (N-methyl/N-ethyl adjacent to an activating group) is 1. The van der Waals surface area contributed by atoms with E-state index >= 15 is 0 Å². The second-order valence-electron chi connectivity index (χ2n) is 5.72. The molecule has 2 heteroatoms. The summed E-state index contributed by atoms with van der Waals surface area (Å²) in [5.41, 5.74) is 1.46. The van der Waals surface area contributed by atoms with Gasteiger partial charge in [-0.3, -0.25) is 0 Å². The van der Waals surface area contributed by atoms with Gasteiger partial charge >= 0.3 is 0 Å². The third-order valence-corrected chi connectivity index (χ3v) is 4.63. The molecule has 1 aromatic carbocycles. The Morgan fingerprint density at radius 2 is 1.74 bits per heavy atom. The molecular weight excluding hydrogens is 254 g/mol. The van der Waals surface area contributed by atoms with Crippen LogP contribution in [-0.2, 0) is 0 Å². The predicted octanol–water partition coefficient (Wildman–Crippen LogP) is 5.00. The molecule has 1 atom stereocenters. The molecule has 1 aliphatic carbocycles. The predicted molar refractivity (Wildman–Crippen MR) is 83.9 cm³/mol. The number of rotatable bonds is 5. The lowest BCUT2D eigenvalue weighted by Gasteiger charge is -2.27. The van der Waals surface area contributed by atoms with E-state index in [0.29, 0.717) is 5.92 Å². The molecule has 1 N–H and O–H groups in total. The van der Waals surface area contributed by atoms with Crippen molar-refractivity contribution in [3.05, 3.63) is 34.9 Å². The SMILES string of the molecule is CCNCC(c1ccc(Cl)cc1)C1CCCCCC1. The third-order valence-electron chi connectivity index (χ3n) is 4.38. The van der Waals surface area contributed by atoms with Crippen molar-refractivity contribution in [1.82, 2.24) is 5.32 Å². The fraction of sp³-hybridized carbons (Fsp3) is 0.647. The molecule has 1 aliphatic rings. The Kier molecular flexibility index (Phi) is 6.19. The van der Waals surface area contributed by atoms with Gasteiger partial charge in [0.15, 0.2) is 0 Å². The summed E-state index contributed by atoms with van der Waals surface area (Å²) in [5, 5.41) is 4.39. The Labute approximate surface area is 122 Å². The van der Waals surface area contributed by atoms with Crippen LogP contribution in [0.25, 0.3) is 0 Å². The molecule has 1 unspecified atom stereocenters. The van der Waals surface area contributed by atoms with Gasteiger partial charge in [-0.1, -0.05) is 56.3 Å². The van der Waals surface area contributed by atoms with Crippen LogP contribution in [0.4, 0.5) is 0 Å². The highest BCUT2D eigenvalue weighted by atomic mass is 35.5. The van der Waals surface area contributed by atoms with Crippen molar-refractivity contribution in [2.24, 2.45) is 5.92 Å². The van der Waals surface area contributed by atoms with Gasteiger partial charge in [0.2, 0.25) is 0 Å². The van der Waals surface area contributed by atoms with Crippen LogP contribution in [0.3, 0.4) is 0 Å². The average Bonchev–Trinajstić information content (AvgIpc) is 2.70. The molecule has 0 aliphatic heterocycles. The zero-order chi connectivity index (χ0) is 13.5. The summed E-state index contributed by atoms with van der Waals surface area (Å²) in [4.78, 5) is 0. The van der Waals surface area contributed by atoms with E-state index in [1.807, 2.05) is 12.1 Å².